The number of Topliss-reactive ketones (excluding diaryl/α,β-unsaturated/α-hetero) is 1. The van der Waals surface area contributed by atoms with E-state index in [4.69, 9.17) is 4.74 Å². The second-order valence-electron chi connectivity index (χ2n) is 8.31. The van der Waals surface area contributed by atoms with Gasteiger partial charge in [0.2, 0.25) is 0 Å². The Kier molecular flexibility index (Phi) is 2.42. The molecule has 0 aromatic rings. The molecule has 4 fully saturated rings. The molecule has 0 saturated carbocycles. The Labute approximate surface area is 121 Å². The average molecular weight is 278 g/mol. The van der Waals surface area contributed by atoms with E-state index in [1.54, 1.807) is 0 Å². The van der Waals surface area contributed by atoms with Crippen LogP contribution in [0.15, 0.2) is 0 Å². The van der Waals surface area contributed by atoms with Crippen molar-refractivity contribution in [2.45, 2.75) is 57.8 Å². The SMILES string of the molecule is CC1C(=O)C2(C)CN3CC1N(C2)C31CCOC(C)(C)C1. The van der Waals surface area contributed by atoms with Gasteiger partial charge in [0.25, 0.3) is 0 Å². The van der Waals surface area contributed by atoms with Crippen LogP contribution in [0.1, 0.15) is 40.5 Å². The first-order chi connectivity index (χ1) is 9.28. The number of hydrogen-bond acceptors (Lipinski definition) is 4. The van der Waals surface area contributed by atoms with Crippen molar-refractivity contribution >= 4 is 5.78 Å². The van der Waals surface area contributed by atoms with Crippen LogP contribution in [0.3, 0.4) is 0 Å². The first kappa shape index (κ1) is 13.2. The number of carbonyl (C=O) groups excluding carboxylic acids is 1. The van der Waals surface area contributed by atoms with Gasteiger partial charge in [-0.15, -0.1) is 0 Å². The van der Waals surface area contributed by atoms with Crippen molar-refractivity contribution in [2.75, 3.05) is 26.2 Å². The Hall–Kier alpha value is -0.450. The van der Waals surface area contributed by atoms with E-state index < -0.39 is 0 Å². The van der Waals surface area contributed by atoms with Crippen LogP contribution in [0.4, 0.5) is 0 Å². The van der Waals surface area contributed by atoms with E-state index in [0.29, 0.717) is 11.8 Å². The van der Waals surface area contributed by atoms with Crippen LogP contribution < -0.4 is 0 Å². The van der Waals surface area contributed by atoms with E-state index in [-0.39, 0.29) is 22.6 Å². The zero-order valence-corrected chi connectivity index (χ0v) is 13.1. The number of hydrogen-bond donors (Lipinski definition) is 0. The second-order valence-corrected chi connectivity index (χ2v) is 8.31. The fourth-order valence-corrected chi connectivity index (χ4v) is 5.44. The maximum absolute atomic E-state index is 12.6. The number of rotatable bonds is 0. The van der Waals surface area contributed by atoms with Gasteiger partial charge in [0, 0.05) is 44.4 Å². The van der Waals surface area contributed by atoms with Gasteiger partial charge in [-0.05, 0) is 13.8 Å². The monoisotopic (exact) mass is 278 g/mol. The molecule has 3 bridgehead atoms. The minimum atomic E-state index is -0.153. The molecule has 0 N–H and O–H groups in total. The second kappa shape index (κ2) is 3.65. The van der Waals surface area contributed by atoms with E-state index in [0.717, 1.165) is 39.1 Å². The summed E-state index contributed by atoms with van der Waals surface area (Å²) in [5.74, 6) is 0.673. The molecule has 6 atom stereocenters. The van der Waals surface area contributed by atoms with E-state index in [1.807, 2.05) is 0 Å². The minimum Gasteiger partial charge on any atom is -0.375 e. The Morgan fingerprint density at radius 3 is 2.70 bits per heavy atom. The minimum absolute atomic E-state index is 0.0518. The third-order valence-corrected chi connectivity index (χ3v) is 6.28. The molecule has 4 nitrogen and oxygen atoms in total. The predicted octanol–water partition coefficient (Wildman–Crippen LogP) is 1.50. The zero-order chi connectivity index (χ0) is 14.3. The topological polar surface area (TPSA) is 32.8 Å². The lowest BCUT2D eigenvalue weighted by Gasteiger charge is -2.60. The highest BCUT2D eigenvalue weighted by Gasteiger charge is 2.66. The molecule has 4 heteroatoms. The molecule has 4 rings (SSSR count). The summed E-state index contributed by atoms with van der Waals surface area (Å²) in [5.41, 5.74) is -0.0508. The summed E-state index contributed by atoms with van der Waals surface area (Å²) in [5, 5.41) is 0. The average Bonchev–Trinajstić information content (AvgIpc) is 2.49. The molecule has 112 valence electrons. The standard InChI is InChI=1S/C16H26N2O2/c1-11-12-7-17-9-15(4,13(11)19)10-18(12)16(17)5-6-20-14(2,3)8-16/h11-12H,5-10H2,1-4H3. The molecule has 0 aliphatic carbocycles. The number of nitrogens with zero attached hydrogens (tertiary/aromatic N) is 2. The van der Waals surface area contributed by atoms with Crippen molar-refractivity contribution in [3.8, 4) is 0 Å². The van der Waals surface area contributed by atoms with Crippen molar-refractivity contribution in [3.63, 3.8) is 0 Å². The molecule has 4 aliphatic rings. The van der Waals surface area contributed by atoms with Gasteiger partial charge in [-0.1, -0.05) is 13.8 Å². The molecule has 4 saturated heterocycles. The van der Waals surface area contributed by atoms with Crippen LogP contribution in [0.2, 0.25) is 0 Å². The molecular formula is C16H26N2O2. The summed E-state index contributed by atoms with van der Waals surface area (Å²) >= 11 is 0. The third-order valence-electron chi connectivity index (χ3n) is 6.28. The van der Waals surface area contributed by atoms with Crippen molar-refractivity contribution in [3.05, 3.63) is 0 Å². The first-order valence-electron chi connectivity index (χ1n) is 7.98. The molecule has 6 unspecified atom stereocenters. The molecule has 0 aromatic carbocycles. The van der Waals surface area contributed by atoms with Gasteiger partial charge in [0.05, 0.1) is 23.3 Å². The van der Waals surface area contributed by atoms with Gasteiger partial charge in [-0.2, -0.15) is 0 Å². The quantitative estimate of drug-likeness (QED) is 0.672. The highest BCUT2D eigenvalue weighted by Crippen LogP contribution is 2.54. The number of carbonyl (C=O) groups is 1. The molecule has 1 spiro atoms. The van der Waals surface area contributed by atoms with Crippen LogP contribution in [0.25, 0.3) is 0 Å². The normalized spacial score (nSPS) is 56.5. The lowest BCUT2D eigenvalue weighted by Crippen LogP contribution is -2.72. The van der Waals surface area contributed by atoms with Crippen molar-refractivity contribution in [2.24, 2.45) is 11.3 Å². The lowest BCUT2D eigenvalue weighted by molar-refractivity contribution is -0.196. The number of ether oxygens (including phenoxy) is 1. The van der Waals surface area contributed by atoms with Gasteiger partial charge < -0.3 is 4.74 Å². The Bertz CT molecular complexity index is 473. The Morgan fingerprint density at radius 2 is 2.00 bits per heavy atom. The Morgan fingerprint density at radius 1 is 1.25 bits per heavy atom. The number of piperidine rings is 1. The van der Waals surface area contributed by atoms with E-state index in [9.17, 15) is 4.79 Å². The maximum Gasteiger partial charge on any atom is 0.145 e. The molecule has 0 amide bonds. The van der Waals surface area contributed by atoms with Crippen LogP contribution in [0, 0.1) is 11.3 Å². The first-order valence-corrected chi connectivity index (χ1v) is 7.98. The van der Waals surface area contributed by atoms with Crippen LogP contribution in [-0.4, -0.2) is 59.1 Å². The van der Waals surface area contributed by atoms with Crippen LogP contribution in [0.5, 0.6) is 0 Å². The highest BCUT2D eigenvalue weighted by molar-refractivity contribution is 5.89. The van der Waals surface area contributed by atoms with Gasteiger partial charge in [0.1, 0.15) is 5.78 Å². The van der Waals surface area contributed by atoms with Gasteiger partial charge in [-0.3, -0.25) is 14.6 Å². The van der Waals surface area contributed by atoms with Crippen molar-refractivity contribution in [1.82, 2.24) is 9.80 Å². The molecule has 0 aromatic heterocycles. The lowest BCUT2D eigenvalue weighted by atomic mass is 9.70. The van der Waals surface area contributed by atoms with Crippen molar-refractivity contribution < 1.29 is 9.53 Å². The molecular weight excluding hydrogens is 252 g/mol. The highest BCUT2D eigenvalue weighted by atomic mass is 16.5. The fraction of sp³-hybridized carbons (Fsp3) is 0.938. The van der Waals surface area contributed by atoms with E-state index in [2.05, 4.69) is 37.5 Å². The van der Waals surface area contributed by atoms with E-state index in [1.165, 1.54) is 0 Å². The number of ketones is 1. The van der Waals surface area contributed by atoms with Gasteiger partial charge >= 0.3 is 0 Å². The zero-order valence-electron chi connectivity index (χ0n) is 13.1. The van der Waals surface area contributed by atoms with Crippen LogP contribution in [-0.2, 0) is 9.53 Å². The Balaban J connectivity index is 1.76. The molecule has 0 radical (unpaired) electrons. The largest absolute Gasteiger partial charge is 0.375 e. The molecule has 4 aliphatic heterocycles. The van der Waals surface area contributed by atoms with Gasteiger partial charge in [-0.25, -0.2) is 0 Å². The summed E-state index contributed by atoms with van der Waals surface area (Å²) in [6.45, 7) is 12.5. The van der Waals surface area contributed by atoms with Crippen molar-refractivity contribution in [1.29, 1.82) is 0 Å². The van der Waals surface area contributed by atoms with Crippen LogP contribution >= 0.6 is 0 Å². The molecule has 20 heavy (non-hydrogen) atoms. The summed E-state index contributed by atoms with van der Waals surface area (Å²) in [6.07, 6.45) is 2.15. The maximum atomic E-state index is 12.6. The summed E-state index contributed by atoms with van der Waals surface area (Å²) < 4.78 is 5.95. The summed E-state index contributed by atoms with van der Waals surface area (Å²) in [7, 11) is 0. The summed E-state index contributed by atoms with van der Waals surface area (Å²) in [6, 6.07) is 0.423. The predicted molar refractivity (Wildman–Crippen MR) is 76.3 cm³/mol. The number of fused-ring (bicyclic) bond motifs is 1. The smallest absolute Gasteiger partial charge is 0.145 e. The molecule has 4 heterocycles. The fourth-order valence-electron chi connectivity index (χ4n) is 5.44. The van der Waals surface area contributed by atoms with E-state index >= 15 is 0 Å². The van der Waals surface area contributed by atoms with Gasteiger partial charge in [0.15, 0.2) is 0 Å². The third kappa shape index (κ3) is 1.45. The summed E-state index contributed by atoms with van der Waals surface area (Å²) in [4.78, 5) is 17.9.